The number of nitrogens with one attached hydrogen (secondary N) is 1. The van der Waals surface area contributed by atoms with Crippen molar-refractivity contribution in [1.29, 1.82) is 0 Å². The Labute approximate surface area is 216 Å². The Balaban J connectivity index is 1.22. The summed E-state index contributed by atoms with van der Waals surface area (Å²) in [5, 5.41) is 16.2. The van der Waals surface area contributed by atoms with Crippen LogP contribution in [0.15, 0.2) is 16.8 Å². The first-order valence-corrected chi connectivity index (χ1v) is 14.5. The highest BCUT2D eigenvalue weighted by atomic mass is 32.1. The van der Waals surface area contributed by atoms with Gasteiger partial charge in [0.25, 0.3) is 0 Å². The minimum Gasteiger partial charge on any atom is -0.349 e. The number of carbonyl (C=O) groups excluding carboxylic acids is 1. The summed E-state index contributed by atoms with van der Waals surface area (Å²) in [6.45, 7) is 7.36. The Morgan fingerprint density at radius 1 is 1.14 bits per heavy atom. The molecule has 36 heavy (non-hydrogen) atoms. The Morgan fingerprint density at radius 3 is 2.44 bits per heavy atom. The first-order valence-electron chi connectivity index (χ1n) is 13.6. The molecule has 4 heterocycles. The number of alkyl halides is 2. The molecule has 2 bridgehead atoms. The molecule has 0 aromatic carbocycles. The zero-order valence-electron chi connectivity index (χ0n) is 21.6. The highest BCUT2D eigenvalue weighted by Crippen LogP contribution is 2.42. The SMILES string of the molecule is Cc1nnc(C(C)C)n1[C@@H]1C[C@H]2CC[C@@H](C1)N2CC[C@H](NC(=O)C1CCC(F)(F)CC1)c1ccsc1. The monoisotopic (exact) mass is 519 g/mol. The van der Waals surface area contributed by atoms with Crippen LogP contribution in [0.4, 0.5) is 8.78 Å². The fourth-order valence-electron chi connectivity index (χ4n) is 6.72. The van der Waals surface area contributed by atoms with E-state index in [1.54, 1.807) is 11.3 Å². The molecule has 2 aromatic heterocycles. The third kappa shape index (κ3) is 5.37. The lowest BCUT2D eigenvalue weighted by Crippen LogP contribution is -2.45. The summed E-state index contributed by atoms with van der Waals surface area (Å²) in [6, 6.07) is 3.53. The number of fused-ring (bicyclic) bond motifs is 2. The lowest BCUT2D eigenvalue weighted by Gasteiger charge is -2.40. The molecule has 4 atom stereocenters. The van der Waals surface area contributed by atoms with Gasteiger partial charge < -0.3 is 9.88 Å². The van der Waals surface area contributed by atoms with Gasteiger partial charge in [-0.25, -0.2) is 8.78 Å². The molecule has 198 valence electrons. The van der Waals surface area contributed by atoms with E-state index in [1.807, 2.05) is 5.38 Å². The van der Waals surface area contributed by atoms with Crippen molar-refractivity contribution >= 4 is 17.2 Å². The Morgan fingerprint density at radius 2 is 1.83 bits per heavy atom. The van der Waals surface area contributed by atoms with Crippen molar-refractivity contribution in [3.05, 3.63) is 34.0 Å². The molecule has 1 aliphatic carbocycles. The van der Waals surface area contributed by atoms with E-state index in [-0.39, 0.29) is 43.6 Å². The van der Waals surface area contributed by atoms with E-state index in [0.29, 0.717) is 24.0 Å². The summed E-state index contributed by atoms with van der Waals surface area (Å²) >= 11 is 1.63. The first kappa shape index (κ1) is 25.8. The van der Waals surface area contributed by atoms with Crippen LogP contribution in [0.25, 0.3) is 0 Å². The van der Waals surface area contributed by atoms with Crippen molar-refractivity contribution in [2.75, 3.05) is 6.54 Å². The number of rotatable bonds is 8. The van der Waals surface area contributed by atoms with Crippen LogP contribution in [-0.4, -0.2) is 50.1 Å². The highest BCUT2D eigenvalue weighted by Gasteiger charge is 2.42. The zero-order valence-corrected chi connectivity index (χ0v) is 22.4. The van der Waals surface area contributed by atoms with E-state index in [2.05, 4.69) is 57.2 Å². The van der Waals surface area contributed by atoms with Gasteiger partial charge in [-0.05, 0) is 74.3 Å². The standard InChI is InChI=1S/C27H39F2N5OS/c1-17(2)25-32-31-18(3)34(25)23-14-21-4-5-22(15-23)33(21)12-8-24(20-9-13-36-16-20)30-26(35)19-6-10-27(28,29)11-7-19/h9,13,16-17,19,21-24H,4-8,10-12,14-15H2,1-3H3,(H,30,35)/t21-,22+,23-,24-/m0/s1. The molecule has 6 nitrogen and oxygen atoms in total. The van der Waals surface area contributed by atoms with Crippen LogP contribution < -0.4 is 5.32 Å². The smallest absolute Gasteiger partial charge is 0.248 e. The minimum atomic E-state index is -2.61. The summed E-state index contributed by atoms with van der Waals surface area (Å²) in [5.74, 6) is -0.529. The number of thiophene rings is 1. The number of piperidine rings is 1. The van der Waals surface area contributed by atoms with Crippen LogP contribution in [-0.2, 0) is 4.79 Å². The molecular weight excluding hydrogens is 480 g/mol. The van der Waals surface area contributed by atoms with Crippen LogP contribution in [0.2, 0.25) is 0 Å². The summed E-state index contributed by atoms with van der Waals surface area (Å²) in [6.07, 6.45) is 5.67. The summed E-state index contributed by atoms with van der Waals surface area (Å²) in [4.78, 5) is 15.7. The second-order valence-electron chi connectivity index (χ2n) is 11.4. The van der Waals surface area contributed by atoms with Gasteiger partial charge in [-0.2, -0.15) is 11.3 Å². The van der Waals surface area contributed by atoms with Gasteiger partial charge in [0.2, 0.25) is 11.8 Å². The second kappa shape index (κ2) is 10.5. The molecule has 0 radical (unpaired) electrons. The lowest BCUT2D eigenvalue weighted by atomic mass is 9.86. The summed E-state index contributed by atoms with van der Waals surface area (Å²) < 4.78 is 29.6. The minimum absolute atomic E-state index is 0.0623. The molecule has 1 saturated carbocycles. The van der Waals surface area contributed by atoms with E-state index in [9.17, 15) is 13.6 Å². The third-order valence-corrected chi connectivity index (χ3v) is 9.36. The molecule has 9 heteroatoms. The molecule has 2 aromatic rings. The fraction of sp³-hybridized carbons (Fsp3) is 0.741. The summed E-state index contributed by atoms with van der Waals surface area (Å²) in [7, 11) is 0. The number of hydrogen-bond donors (Lipinski definition) is 1. The maximum atomic E-state index is 13.6. The molecule has 3 fully saturated rings. The van der Waals surface area contributed by atoms with Crippen LogP contribution >= 0.6 is 11.3 Å². The van der Waals surface area contributed by atoms with Gasteiger partial charge >= 0.3 is 0 Å². The lowest BCUT2D eigenvalue weighted by molar-refractivity contribution is -0.130. The number of halogens is 2. The van der Waals surface area contributed by atoms with E-state index in [4.69, 9.17) is 0 Å². The fourth-order valence-corrected chi connectivity index (χ4v) is 7.43. The quantitative estimate of drug-likeness (QED) is 0.464. The molecule has 2 saturated heterocycles. The van der Waals surface area contributed by atoms with E-state index in [0.717, 1.165) is 43.0 Å². The molecule has 0 spiro atoms. The maximum absolute atomic E-state index is 13.6. The number of aryl methyl sites for hydroxylation is 1. The average molecular weight is 520 g/mol. The number of carbonyl (C=O) groups is 1. The van der Waals surface area contributed by atoms with Crippen LogP contribution in [0, 0.1) is 12.8 Å². The van der Waals surface area contributed by atoms with Gasteiger partial charge in [0.15, 0.2) is 0 Å². The van der Waals surface area contributed by atoms with Crippen molar-refractivity contribution in [2.24, 2.45) is 5.92 Å². The van der Waals surface area contributed by atoms with Gasteiger partial charge in [-0.3, -0.25) is 9.69 Å². The van der Waals surface area contributed by atoms with Crippen LogP contribution in [0.1, 0.15) is 107 Å². The van der Waals surface area contributed by atoms with Crippen molar-refractivity contribution in [2.45, 2.75) is 115 Å². The number of amides is 1. The molecule has 0 unspecified atom stereocenters. The number of aromatic nitrogens is 3. The molecular formula is C27H39F2N5OS. The van der Waals surface area contributed by atoms with Gasteiger partial charge in [0.1, 0.15) is 11.6 Å². The molecule has 5 rings (SSSR count). The predicted octanol–water partition coefficient (Wildman–Crippen LogP) is 6.01. The van der Waals surface area contributed by atoms with E-state index >= 15 is 0 Å². The normalized spacial score (nSPS) is 27.4. The third-order valence-electron chi connectivity index (χ3n) is 8.66. The number of hydrogen-bond acceptors (Lipinski definition) is 5. The van der Waals surface area contributed by atoms with Gasteiger partial charge in [-0.15, -0.1) is 10.2 Å². The van der Waals surface area contributed by atoms with Crippen molar-refractivity contribution < 1.29 is 13.6 Å². The molecule has 1 N–H and O–H groups in total. The van der Waals surface area contributed by atoms with Crippen LogP contribution in [0.3, 0.4) is 0 Å². The topological polar surface area (TPSA) is 63.1 Å². The Hall–Kier alpha value is -1.87. The largest absolute Gasteiger partial charge is 0.349 e. The van der Waals surface area contributed by atoms with Crippen molar-refractivity contribution in [3.8, 4) is 0 Å². The molecule has 3 aliphatic rings. The Bertz CT molecular complexity index is 1020. The van der Waals surface area contributed by atoms with Crippen LogP contribution in [0.5, 0.6) is 0 Å². The average Bonchev–Trinajstić information content (AvgIpc) is 3.55. The van der Waals surface area contributed by atoms with E-state index < -0.39 is 5.92 Å². The second-order valence-corrected chi connectivity index (χ2v) is 12.2. The van der Waals surface area contributed by atoms with Gasteiger partial charge in [0, 0.05) is 49.3 Å². The Kier molecular flexibility index (Phi) is 7.50. The highest BCUT2D eigenvalue weighted by molar-refractivity contribution is 7.08. The maximum Gasteiger partial charge on any atom is 0.248 e. The van der Waals surface area contributed by atoms with Crippen molar-refractivity contribution in [3.63, 3.8) is 0 Å². The van der Waals surface area contributed by atoms with Crippen molar-refractivity contribution in [1.82, 2.24) is 25.0 Å². The predicted molar refractivity (Wildman–Crippen MR) is 137 cm³/mol. The van der Waals surface area contributed by atoms with E-state index in [1.165, 1.54) is 12.8 Å². The molecule has 2 aliphatic heterocycles. The summed E-state index contributed by atoms with van der Waals surface area (Å²) in [5.41, 5.74) is 1.12. The van der Waals surface area contributed by atoms with Gasteiger partial charge in [-0.1, -0.05) is 13.8 Å². The molecule has 1 amide bonds. The zero-order chi connectivity index (χ0) is 25.4. The number of nitrogens with zero attached hydrogens (tertiary/aromatic N) is 4. The first-order chi connectivity index (χ1) is 17.2. The van der Waals surface area contributed by atoms with Gasteiger partial charge in [0.05, 0.1) is 6.04 Å².